The summed E-state index contributed by atoms with van der Waals surface area (Å²) >= 11 is 0. The van der Waals surface area contributed by atoms with Crippen molar-refractivity contribution in [2.75, 3.05) is 5.75 Å². The van der Waals surface area contributed by atoms with Crippen LogP contribution in [0.4, 0.5) is 0 Å². The number of ether oxygens (including phenoxy) is 1. The van der Waals surface area contributed by atoms with Crippen LogP contribution in [0.15, 0.2) is 47.1 Å². The Kier molecular flexibility index (Phi) is 7.14. The molecule has 4 nitrogen and oxygen atoms in total. The van der Waals surface area contributed by atoms with Crippen molar-refractivity contribution in [2.24, 2.45) is 0 Å². The number of aliphatic hydroxyl groups is 1. The average molecular weight is 427 g/mol. The van der Waals surface area contributed by atoms with Crippen LogP contribution in [0.3, 0.4) is 0 Å². The van der Waals surface area contributed by atoms with E-state index in [4.69, 9.17) is 4.74 Å². The first kappa shape index (κ1) is 22.3. The van der Waals surface area contributed by atoms with Gasteiger partial charge in [-0.2, -0.15) is 0 Å². The molecule has 2 atom stereocenters. The van der Waals surface area contributed by atoms with Crippen LogP contribution in [-0.4, -0.2) is 27.1 Å². The van der Waals surface area contributed by atoms with Crippen LogP contribution in [0.1, 0.15) is 54.5 Å². The Morgan fingerprint density at radius 2 is 1.63 bits per heavy atom. The summed E-state index contributed by atoms with van der Waals surface area (Å²) in [6.07, 6.45) is 1.78. The molecule has 0 saturated carbocycles. The van der Waals surface area contributed by atoms with E-state index in [2.05, 4.69) is 12.1 Å². The number of hydrogen-bond acceptors (Lipinski definition) is 4. The minimum atomic E-state index is -1.16. The normalized spacial score (nSPS) is 17.7. The molecule has 0 fully saturated rings. The molecular weight excluding hydrogens is 396 g/mol. The van der Waals surface area contributed by atoms with E-state index in [1.54, 1.807) is 0 Å². The SMILES string of the molecule is CCc1cc(C)cc(CC)c1C1=C(O)CC(CCS(=O)c2ccc(C)cc2)OC1=O. The number of carbonyl (C=O) groups excluding carboxylic acids is 1. The van der Waals surface area contributed by atoms with Crippen molar-refractivity contribution >= 4 is 22.3 Å². The lowest BCUT2D eigenvalue weighted by atomic mass is 9.87. The molecule has 0 aliphatic carbocycles. The Bertz CT molecular complexity index is 964. The van der Waals surface area contributed by atoms with E-state index in [0.29, 0.717) is 17.7 Å². The maximum atomic E-state index is 12.9. The fraction of sp³-hybridized carbons (Fsp3) is 0.400. The first-order chi connectivity index (χ1) is 14.3. The van der Waals surface area contributed by atoms with Gasteiger partial charge in [-0.15, -0.1) is 0 Å². The summed E-state index contributed by atoms with van der Waals surface area (Å²) in [6, 6.07) is 11.7. The smallest absolute Gasteiger partial charge is 0.342 e. The van der Waals surface area contributed by atoms with Crippen LogP contribution in [0.2, 0.25) is 0 Å². The van der Waals surface area contributed by atoms with Crippen LogP contribution in [0.25, 0.3) is 5.57 Å². The van der Waals surface area contributed by atoms with Crippen molar-refractivity contribution in [1.82, 2.24) is 0 Å². The predicted molar refractivity (Wildman–Crippen MR) is 121 cm³/mol. The molecule has 0 aromatic heterocycles. The molecule has 0 bridgehead atoms. The van der Waals surface area contributed by atoms with Crippen LogP contribution in [-0.2, 0) is 33.2 Å². The zero-order valence-corrected chi connectivity index (χ0v) is 19.0. The van der Waals surface area contributed by atoms with Gasteiger partial charge < -0.3 is 9.84 Å². The number of carbonyl (C=O) groups is 1. The first-order valence-electron chi connectivity index (χ1n) is 10.5. The fourth-order valence-electron chi connectivity index (χ4n) is 3.96. The van der Waals surface area contributed by atoms with Gasteiger partial charge in [0.15, 0.2) is 0 Å². The lowest BCUT2D eigenvalue weighted by Crippen LogP contribution is -2.28. The second kappa shape index (κ2) is 9.61. The maximum absolute atomic E-state index is 12.9. The minimum absolute atomic E-state index is 0.0746. The molecule has 0 radical (unpaired) electrons. The van der Waals surface area contributed by atoms with Gasteiger partial charge in [0.05, 0.1) is 10.8 Å². The van der Waals surface area contributed by atoms with Crippen LogP contribution in [0, 0.1) is 13.8 Å². The molecule has 0 saturated heterocycles. The molecule has 1 aliphatic heterocycles. The monoisotopic (exact) mass is 426 g/mol. The van der Waals surface area contributed by atoms with Crippen LogP contribution >= 0.6 is 0 Å². The van der Waals surface area contributed by atoms with E-state index < -0.39 is 22.9 Å². The standard InChI is InChI=1S/C25H30O4S/c1-5-18-13-17(4)14-19(6-2)23(18)24-22(26)15-20(29-25(24)27)11-12-30(28)21-9-7-16(3)8-10-21/h7-10,13-14,20,26H,5-6,11-12,15H2,1-4H3. The van der Waals surface area contributed by atoms with E-state index in [1.165, 1.54) is 0 Å². The molecule has 160 valence electrons. The molecule has 1 N–H and O–H groups in total. The average Bonchev–Trinajstić information content (AvgIpc) is 2.72. The molecule has 5 heteroatoms. The highest BCUT2D eigenvalue weighted by Gasteiger charge is 2.32. The van der Waals surface area contributed by atoms with Crippen molar-refractivity contribution in [3.63, 3.8) is 0 Å². The molecule has 2 aromatic rings. The van der Waals surface area contributed by atoms with E-state index >= 15 is 0 Å². The summed E-state index contributed by atoms with van der Waals surface area (Å²) in [4.78, 5) is 13.6. The zero-order chi connectivity index (χ0) is 21.8. The highest BCUT2D eigenvalue weighted by Crippen LogP contribution is 2.34. The summed E-state index contributed by atoms with van der Waals surface area (Å²) in [6.45, 7) is 8.13. The van der Waals surface area contributed by atoms with Crippen LogP contribution in [0.5, 0.6) is 0 Å². The number of cyclic esters (lactones) is 1. The summed E-state index contributed by atoms with van der Waals surface area (Å²) in [5, 5.41) is 10.8. The largest absolute Gasteiger partial charge is 0.511 e. The second-order valence-corrected chi connectivity index (χ2v) is 9.44. The Labute approximate surface area is 181 Å². The van der Waals surface area contributed by atoms with Gasteiger partial charge in [-0.1, -0.05) is 49.2 Å². The Morgan fingerprint density at radius 1 is 1.03 bits per heavy atom. The second-order valence-electron chi connectivity index (χ2n) is 7.87. The van der Waals surface area contributed by atoms with Gasteiger partial charge >= 0.3 is 5.97 Å². The van der Waals surface area contributed by atoms with Crippen molar-refractivity contribution in [2.45, 2.75) is 64.4 Å². The van der Waals surface area contributed by atoms with Crippen LogP contribution < -0.4 is 0 Å². The van der Waals surface area contributed by atoms with Crippen molar-refractivity contribution in [1.29, 1.82) is 0 Å². The fourth-order valence-corrected chi connectivity index (χ4v) is 5.11. The lowest BCUT2D eigenvalue weighted by molar-refractivity contribution is -0.143. The number of esters is 1. The van der Waals surface area contributed by atoms with Crippen molar-refractivity contribution < 1.29 is 18.8 Å². The van der Waals surface area contributed by atoms with Gasteiger partial charge in [0.1, 0.15) is 17.4 Å². The number of benzene rings is 2. The Hall–Kier alpha value is -2.40. The third-order valence-electron chi connectivity index (χ3n) is 5.55. The Balaban J connectivity index is 1.79. The van der Waals surface area contributed by atoms with Crippen molar-refractivity contribution in [3.8, 4) is 0 Å². The van der Waals surface area contributed by atoms with Gasteiger partial charge in [0.2, 0.25) is 0 Å². The lowest BCUT2D eigenvalue weighted by Gasteiger charge is -2.26. The number of aliphatic hydroxyl groups excluding tert-OH is 1. The van der Waals surface area contributed by atoms with E-state index in [0.717, 1.165) is 45.6 Å². The molecule has 2 aromatic carbocycles. The third-order valence-corrected chi connectivity index (χ3v) is 6.96. The molecule has 2 unspecified atom stereocenters. The van der Waals surface area contributed by atoms with Gasteiger partial charge in [-0.05, 0) is 61.9 Å². The third kappa shape index (κ3) is 4.84. The zero-order valence-electron chi connectivity index (χ0n) is 18.2. The number of hydrogen-bond donors (Lipinski definition) is 1. The highest BCUT2D eigenvalue weighted by molar-refractivity contribution is 7.85. The summed E-state index contributed by atoms with van der Waals surface area (Å²) in [5.74, 6) is -0.0297. The first-order valence-corrected chi connectivity index (χ1v) is 11.9. The quantitative estimate of drug-likeness (QED) is 0.617. The molecule has 30 heavy (non-hydrogen) atoms. The van der Waals surface area contributed by atoms with Gasteiger partial charge in [0.25, 0.3) is 0 Å². The van der Waals surface area contributed by atoms with E-state index in [-0.39, 0.29) is 12.2 Å². The minimum Gasteiger partial charge on any atom is -0.511 e. The summed E-state index contributed by atoms with van der Waals surface area (Å²) in [5.41, 5.74) is 5.46. The summed E-state index contributed by atoms with van der Waals surface area (Å²) < 4.78 is 18.2. The molecular formula is C25H30O4S. The Morgan fingerprint density at radius 3 is 2.17 bits per heavy atom. The molecule has 1 heterocycles. The van der Waals surface area contributed by atoms with Gasteiger partial charge in [-0.25, -0.2) is 4.79 Å². The summed E-state index contributed by atoms with van der Waals surface area (Å²) in [7, 11) is -1.16. The van der Waals surface area contributed by atoms with E-state index in [9.17, 15) is 14.1 Å². The maximum Gasteiger partial charge on any atom is 0.342 e. The highest BCUT2D eigenvalue weighted by atomic mass is 32.2. The van der Waals surface area contributed by atoms with Gasteiger partial charge in [0, 0.05) is 17.1 Å². The van der Waals surface area contributed by atoms with Gasteiger partial charge in [-0.3, -0.25) is 4.21 Å². The molecule has 3 rings (SSSR count). The molecule has 0 amide bonds. The molecule has 0 spiro atoms. The topological polar surface area (TPSA) is 63.6 Å². The number of rotatable bonds is 7. The predicted octanol–water partition coefficient (Wildman–Crippen LogP) is 5.21. The number of aryl methyl sites for hydroxylation is 4. The van der Waals surface area contributed by atoms with Crippen molar-refractivity contribution in [3.05, 3.63) is 70.0 Å². The molecule has 1 aliphatic rings. The van der Waals surface area contributed by atoms with E-state index in [1.807, 2.05) is 52.0 Å².